The SMILES string of the molecule is CN1CCC(CCCC(=O)NCc2cccc(Cl)c2F)CC1. The largest absolute Gasteiger partial charge is 0.352 e. The minimum absolute atomic E-state index is 0.0210. The van der Waals surface area contributed by atoms with E-state index < -0.39 is 5.82 Å². The number of hydrogen-bond donors (Lipinski definition) is 1. The highest BCUT2D eigenvalue weighted by Gasteiger charge is 2.16. The molecular formula is C17H24ClFN2O. The van der Waals surface area contributed by atoms with Gasteiger partial charge in [-0.15, -0.1) is 0 Å². The molecule has 1 aromatic rings. The Kier molecular flexibility index (Phi) is 6.65. The second-order valence-electron chi connectivity index (χ2n) is 6.13. The zero-order valence-corrected chi connectivity index (χ0v) is 13.8. The monoisotopic (exact) mass is 326 g/mol. The molecule has 0 unspecified atom stereocenters. The van der Waals surface area contributed by atoms with Gasteiger partial charge in [-0.3, -0.25) is 4.79 Å². The number of halogens is 2. The summed E-state index contributed by atoms with van der Waals surface area (Å²) < 4.78 is 13.7. The maximum atomic E-state index is 13.7. The highest BCUT2D eigenvalue weighted by atomic mass is 35.5. The maximum Gasteiger partial charge on any atom is 0.220 e. The lowest BCUT2D eigenvalue weighted by molar-refractivity contribution is -0.121. The van der Waals surface area contributed by atoms with Gasteiger partial charge in [0.25, 0.3) is 0 Å². The molecule has 0 saturated carbocycles. The van der Waals surface area contributed by atoms with Crippen LogP contribution in [0.25, 0.3) is 0 Å². The Bertz CT molecular complexity index is 501. The fourth-order valence-electron chi connectivity index (χ4n) is 2.87. The molecule has 0 radical (unpaired) electrons. The van der Waals surface area contributed by atoms with E-state index in [-0.39, 0.29) is 17.5 Å². The number of benzene rings is 1. The van der Waals surface area contributed by atoms with E-state index >= 15 is 0 Å². The van der Waals surface area contributed by atoms with Gasteiger partial charge in [-0.1, -0.05) is 23.7 Å². The van der Waals surface area contributed by atoms with Gasteiger partial charge in [0.05, 0.1) is 5.02 Å². The molecule has 0 spiro atoms. The van der Waals surface area contributed by atoms with Crippen LogP contribution in [0.3, 0.4) is 0 Å². The number of nitrogens with zero attached hydrogens (tertiary/aromatic N) is 1. The number of carbonyl (C=O) groups is 1. The average Bonchev–Trinajstić information content (AvgIpc) is 2.51. The first-order chi connectivity index (χ1) is 10.6. The van der Waals surface area contributed by atoms with Crippen LogP contribution in [0, 0.1) is 11.7 Å². The minimum Gasteiger partial charge on any atom is -0.352 e. The van der Waals surface area contributed by atoms with Gasteiger partial charge in [-0.05, 0) is 57.8 Å². The Morgan fingerprint density at radius 3 is 2.86 bits per heavy atom. The van der Waals surface area contributed by atoms with Gasteiger partial charge >= 0.3 is 0 Å². The minimum atomic E-state index is -0.448. The predicted molar refractivity (Wildman–Crippen MR) is 87.3 cm³/mol. The van der Waals surface area contributed by atoms with Crippen molar-refractivity contribution in [3.8, 4) is 0 Å². The maximum absolute atomic E-state index is 13.7. The van der Waals surface area contributed by atoms with E-state index in [1.165, 1.54) is 18.9 Å². The van der Waals surface area contributed by atoms with Gasteiger partial charge in [-0.2, -0.15) is 0 Å². The molecule has 1 amide bonds. The van der Waals surface area contributed by atoms with Crippen LogP contribution in [0.1, 0.15) is 37.7 Å². The summed E-state index contributed by atoms with van der Waals surface area (Å²) in [4.78, 5) is 14.2. The molecule has 0 bridgehead atoms. The van der Waals surface area contributed by atoms with E-state index in [1.807, 2.05) is 0 Å². The molecule has 1 saturated heterocycles. The van der Waals surface area contributed by atoms with E-state index in [9.17, 15) is 9.18 Å². The molecular weight excluding hydrogens is 303 g/mol. The molecule has 0 aliphatic carbocycles. The van der Waals surface area contributed by atoms with Gasteiger partial charge < -0.3 is 10.2 Å². The third kappa shape index (κ3) is 5.25. The van der Waals surface area contributed by atoms with Crippen LogP contribution < -0.4 is 5.32 Å². The van der Waals surface area contributed by atoms with Gasteiger partial charge in [0.1, 0.15) is 5.82 Å². The summed E-state index contributed by atoms with van der Waals surface area (Å²) >= 11 is 5.72. The van der Waals surface area contributed by atoms with Crippen molar-refractivity contribution in [3.05, 3.63) is 34.6 Å². The van der Waals surface area contributed by atoms with Crippen LogP contribution in [0.5, 0.6) is 0 Å². The lowest BCUT2D eigenvalue weighted by atomic mass is 9.92. The Balaban J connectivity index is 1.65. The zero-order valence-electron chi connectivity index (χ0n) is 13.1. The topological polar surface area (TPSA) is 32.3 Å². The molecule has 1 aromatic carbocycles. The normalized spacial score (nSPS) is 16.7. The third-order valence-electron chi connectivity index (χ3n) is 4.36. The number of carbonyl (C=O) groups excluding carboxylic acids is 1. The second-order valence-corrected chi connectivity index (χ2v) is 6.54. The summed E-state index contributed by atoms with van der Waals surface area (Å²) in [5.41, 5.74) is 0.427. The molecule has 0 aromatic heterocycles. The highest BCUT2D eigenvalue weighted by Crippen LogP contribution is 2.21. The fourth-order valence-corrected chi connectivity index (χ4v) is 3.06. The van der Waals surface area contributed by atoms with Crippen molar-refractivity contribution in [3.63, 3.8) is 0 Å². The van der Waals surface area contributed by atoms with E-state index in [2.05, 4.69) is 17.3 Å². The molecule has 5 heteroatoms. The van der Waals surface area contributed by atoms with Crippen LogP contribution in [0.15, 0.2) is 18.2 Å². The van der Waals surface area contributed by atoms with Crippen molar-refractivity contribution in [1.29, 1.82) is 0 Å². The predicted octanol–water partition coefficient (Wildman–Crippen LogP) is 3.61. The van der Waals surface area contributed by atoms with Crippen LogP contribution in [0.4, 0.5) is 4.39 Å². The smallest absolute Gasteiger partial charge is 0.220 e. The number of nitrogens with one attached hydrogen (secondary N) is 1. The summed E-state index contributed by atoms with van der Waals surface area (Å²) in [6, 6.07) is 4.83. The molecule has 2 rings (SSSR count). The van der Waals surface area contributed by atoms with Crippen molar-refractivity contribution >= 4 is 17.5 Å². The van der Waals surface area contributed by atoms with Gasteiger partial charge in [0.2, 0.25) is 5.91 Å². The van der Waals surface area contributed by atoms with E-state index in [0.717, 1.165) is 31.8 Å². The molecule has 1 fully saturated rings. The molecule has 1 N–H and O–H groups in total. The van der Waals surface area contributed by atoms with Crippen molar-refractivity contribution < 1.29 is 9.18 Å². The zero-order chi connectivity index (χ0) is 15.9. The van der Waals surface area contributed by atoms with Crippen molar-refractivity contribution in [1.82, 2.24) is 10.2 Å². The van der Waals surface area contributed by atoms with E-state index in [4.69, 9.17) is 11.6 Å². The summed E-state index contributed by atoms with van der Waals surface area (Å²) in [5.74, 6) is 0.275. The van der Waals surface area contributed by atoms with Crippen LogP contribution in [-0.4, -0.2) is 30.9 Å². The lowest BCUT2D eigenvalue weighted by Crippen LogP contribution is -2.30. The first-order valence-corrected chi connectivity index (χ1v) is 8.32. The van der Waals surface area contributed by atoms with Crippen molar-refractivity contribution in [2.45, 2.75) is 38.6 Å². The number of hydrogen-bond acceptors (Lipinski definition) is 2. The summed E-state index contributed by atoms with van der Waals surface area (Å²) in [5, 5.41) is 2.86. The Morgan fingerprint density at radius 1 is 1.41 bits per heavy atom. The van der Waals surface area contributed by atoms with E-state index in [0.29, 0.717) is 12.0 Å². The highest BCUT2D eigenvalue weighted by molar-refractivity contribution is 6.30. The molecule has 3 nitrogen and oxygen atoms in total. The molecule has 122 valence electrons. The first kappa shape index (κ1) is 17.2. The number of amides is 1. The molecule has 22 heavy (non-hydrogen) atoms. The first-order valence-electron chi connectivity index (χ1n) is 7.94. The Labute approximate surface area is 136 Å². The van der Waals surface area contributed by atoms with Gasteiger partial charge in [0, 0.05) is 18.5 Å². The van der Waals surface area contributed by atoms with E-state index in [1.54, 1.807) is 12.1 Å². The average molecular weight is 327 g/mol. The van der Waals surface area contributed by atoms with Crippen LogP contribution in [0.2, 0.25) is 5.02 Å². The Hall–Kier alpha value is -1.13. The fraction of sp³-hybridized carbons (Fsp3) is 0.588. The molecule has 0 atom stereocenters. The standard InChI is InChI=1S/C17H24ClFN2O/c1-21-10-8-13(9-11-21)4-2-7-16(22)20-12-14-5-3-6-15(18)17(14)19/h3,5-6,13H,2,4,7-12H2,1H3,(H,20,22). The molecule has 1 aliphatic heterocycles. The summed E-state index contributed by atoms with van der Waals surface area (Å²) in [6.45, 7) is 2.51. The number of piperidine rings is 1. The van der Waals surface area contributed by atoms with Gasteiger partial charge in [0.15, 0.2) is 0 Å². The van der Waals surface area contributed by atoms with Gasteiger partial charge in [-0.25, -0.2) is 4.39 Å². The number of rotatable bonds is 6. The van der Waals surface area contributed by atoms with Crippen LogP contribution in [-0.2, 0) is 11.3 Å². The molecule has 1 aliphatic rings. The third-order valence-corrected chi connectivity index (χ3v) is 4.65. The summed E-state index contributed by atoms with van der Waals surface area (Å²) in [6.07, 6.45) is 4.97. The Morgan fingerprint density at radius 2 is 2.14 bits per heavy atom. The van der Waals surface area contributed by atoms with Crippen molar-refractivity contribution in [2.75, 3.05) is 20.1 Å². The summed E-state index contributed by atoms with van der Waals surface area (Å²) in [7, 11) is 2.15. The van der Waals surface area contributed by atoms with Crippen LogP contribution >= 0.6 is 11.6 Å². The quantitative estimate of drug-likeness (QED) is 0.866. The molecule has 1 heterocycles. The second kappa shape index (κ2) is 8.49. The lowest BCUT2D eigenvalue weighted by Gasteiger charge is -2.28. The van der Waals surface area contributed by atoms with Crippen molar-refractivity contribution in [2.24, 2.45) is 5.92 Å². The number of likely N-dealkylation sites (tertiary alicyclic amines) is 1.